The van der Waals surface area contributed by atoms with Gasteiger partial charge in [-0.25, -0.2) is 0 Å². The fourth-order valence-electron chi connectivity index (χ4n) is 3.08. The Labute approximate surface area is 104 Å². The predicted octanol–water partition coefficient (Wildman–Crippen LogP) is 1.16. The van der Waals surface area contributed by atoms with Crippen LogP contribution in [-0.4, -0.2) is 49.2 Å². The van der Waals surface area contributed by atoms with Crippen LogP contribution in [0.4, 0.5) is 0 Å². The second kappa shape index (κ2) is 6.36. The highest BCUT2D eigenvalue weighted by atomic mass is 16.5. The molecule has 4 nitrogen and oxygen atoms in total. The third kappa shape index (κ3) is 3.42. The van der Waals surface area contributed by atoms with Gasteiger partial charge in [-0.15, -0.1) is 0 Å². The molecule has 0 aromatic carbocycles. The zero-order chi connectivity index (χ0) is 12.1. The van der Waals surface area contributed by atoms with E-state index in [2.05, 4.69) is 10.2 Å². The highest BCUT2D eigenvalue weighted by Gasteiger charge is 2.32. The second-order valence-corrected chi connectivity index (χ2v) is 5.04. The molecule has 2 aliphatic heterocycles. The molecule has 17 heavy (non-hydrogen) atoms. The lowest BCUT2D eigenvalue weighted by Crippen LogP contribution is -2.51. The molecule has 0 amide bonds. The molecule has 0 spiro atoms. The van der Waals surface area contributed by atoms with Crippen molar-refractivity contribution in [3.05, 3.63) is 0 Å². The summed E-state index contributed by atoms with van der Waals surface area (Å²) in [5, 5.41) is 3.57. The molecule has 98 valence electrons. The second-order valence-electron chi connectivity index (χ2n) is 5.04. The molecule has 0 aromatic heterocycles. The standard InChI is InChI=1S/C13H24N2O2/c1-2-17-13(16)10-15-9-4-3-7-12(15)11-6-5-8-14-11/h11-12,14H,2-10H2,1H3. The molecule has 0 bridgehead atoms. The first-order valence-corrected chi connectivity index (χ1v) is 6.94. The Bertz CT molecular complexity index is 252. The summed E-state index contributed by atoms with van der Waals surface area (Å²) in [7, 11) is 0. The van der Waals surface area contributed by atoms with Crippen LogP contribution >= 0.6 is 0 Å². The van der Waals surface area contributed by atoms with Gasteiger partial charge in [0.15, 0.2) is 0 Å². The number of carbonyl (C=O) groups excluding carboxylic acids is 1. The molecule has 0 saturated carbocycles. The van der Waals surface area contributed by atoms with E-state index in [-0.39, 0.29) is 5.97 Å². The zero-order valence-corrected chi connectivity index (χ0v) is 10.8. The third-order valence-electron chi connectivity index (χ3n) is 3.86. The quantitative estimate of drug-likeness (QED) is 0.749. The number of ether oxygens (including phenoxy) is 1. The van der Waals surface area contributed by atoms with E-state index in [1.54, 1.807) is 0 Å². The van der Waals surface area contributed by atoms with Gasteiger partial charge in [0.2, 0.25) is 0 Å². The number of nitrogens with zero attached hydrogens (tertiary/aromatic N) is 1. The van der Waals surface area contributed by atoms with Gasteiger partial charge in [0.25, 0.3) is 0 Å². The van der Waals surface area contributed by atoms with Gasteiger partial charge in [0, 0.05) is 12.1 Å². The highest BCUT2D eigenvalue weighted by molar-refractivity contribution is 5.71. The Hall–Kier alpha value is -0.610. The molecule has 4 heteroatoms. The van der Waals surface area contributed by atoms with E-state index < -0.39 is 0 Å². The lowest BCUT2D eigenvalue weighted by Gasteiger charge is -2.38. The molecular formula is C13H24N2O2. The van der Waals surface area contributed by atoms with Crippen LogP contribution in [0.3, 0.4) is 0 Å². The summed E-state index contributed by atoms with van der Waals surface area (Å²) in [5.41, 5.74) is 0. The van der Waals surface area contributed by atoms with Crippen molar-refractivity contribution < 1.29 is 9.53 Å². The maximum atomic E-state index is 11.6. The van der Waals surface area contributed by atoms with Gasteiger partial charge < -0.3 is 10.1 Å². The monoisotopic (exact) mass is 240 g/mol. The molecule has 1 N–H and O–H groups in total. The molecule has 2 fully saturated rings. The van der Waals surface area contributed by atoms with Crippen LogP contribution in [-0.2, 0) is 9.53 Å². The fraction of sp³-hybridized carbons (Fsp3) is 0.923. The Morgan fingerprint density at radius 3 is 2.94 bits per heavy atom. The molecule has 0 aliphatic carbocycles. The van der Waals surface area contributed by atoms with Crippen molar-refractivity contribution in [3.8, 4) is 0 Å². The number of carbonyl (C=O) groups is 1. The van der Waals surface area contributed by atoms with Crippen LogP contribution in [0.5, 0.6) is 0 Å². The van der Waals surface area contributed by atoms with Crippen LogP contribution in [0.1, 0.15) is 39.0 Å². The van der Waals surface area contributed by atoms with Crippen molar-refractivity contribution in [1.29, 1.82) is 0 Å². The minimum absolute atomic E-state index is 0.0719. The van der Waals surface area contributed by atoms with E-state index in [9.17, 15) is 4.79 Å². The van der Waals surface area contributed by atoms with E-state index in [0.717, 1.165) is 13.1 Å². The first-order chi connectivity index (χ1) is 8.31. The molecule has 0 aromatic rings. The maximum absolute atomic E-state index is 11.6. The molecular weight excluding hydrogens is 216 g/mol. The van der Waals surface area contributed by atoms with Crippen molar-refractivity contribution in [2.75, 3.05) is 26.2 Å². The van der Waals surface area contributed by atoms with Crippen molar-refractivity contribution >= 4 is 5.97 Å². The zero-order valence-electron chi connectivity index (χ0n) is 10.8. The Kier molecular flexibility index (Phi) is 4.80. The summed E-state index contributed by atoms with van der Waals surface area (Å²) in [5.74, 6) is -0.0719. The Balaban J connectivity index is 1.89. The summed E-state index contributed by atoms with van der Waals surface area (Å²) in [4.78, 5) is 13.9. The largest absolute Gasteiger partial charge is 0.465 e. The molecule has 2 unspecified atom stereocenters. The minimum Gasteiger partial charge on any atom is -0.465 e. The summed E-state index contributed by atoms with van der Waals surface area (Å²) >= 11 is 0. The first kappa shape index (κ1) is 12.8. The highest BCUT2D eigenvalue weighted by Crippen LogP contribution is 2.23. The molecule has 2 rings (SSSR count). The average molecular weight is 240 g/mol. The summed E-state index contributed by atoms with van der Waals surface area (Å²) < 4.78 is 5.05. The molecule has 2 aliphatic rings. The van der Waals surface area contributed by atoms with Crippen LogP contribution in [0.15, 0.2) is 0 Å². The lowest BCUT2D eigenvalue weighted by molar-refractivity contribution is -0.145. The van der Waals surface area contributed by atoms with E-state index in [4.69, 9.17) is 4.74 Å². The number of hydrogen-bond acceptors (Lipinski definition) is 4. The molecule has 0 radical (unpaired) electrons. The summed E-state index contributed by atoms with van der Waals surface area (Å²) in [6.07, 6.45) is 6.25. The van der Waals surface area contributed by atoms with Gasteiger partial charge in [-0.3, -0.25) is 9.69 Å². The smallest absolute Gasteiger partial charge is 0.320 e. The summed E-state index contributed by atoms with van der Waals surface area (Å²) in [6, 6.07) is 1.13. The van der Waals surface area contributed by atoms with E-state index >= 15 is 0 Å². The first-order valence-electron chi connectivity index (χ1n) is 6.94. The third-order valence-corrected chi connectivity index (χ3v) is 3.86. The normalized spacial score (nSPS) is 30.4. The van der Waals surface area contributed by atoms with Gasteiger partial charge in [0.1, 0.15) is 0 Å². The van der Waals surface area contributed by atoms with Crippen molar-refractivity contribution in [2.45, 2.75) is 51.1 Å². The van der Waals surface area contributed by atoms with Crippen LogP contribution < -0.4 is 5.32 Å². The fourth-order valence-corrected chi connectivity index (χ4v) is 3.08. The number of esters is 1. The predicted molar refractivity (Wildman–Crippen MR) is 66.9 cm³/mol. The van der Waals surface area contributed by atoms with E-state index in [1.807, 2.05) is 6.92 Å². The van der Waals surface area contributed by atoms with Gasteiger partial charge in [-0.2, -0.15) is 0 Å². The lowest BCUT2D eigenvalue weighted by atomic mass is 9.94. The summed E-state index contributed by atoms with van der Waals surface area (Å²) in [6.45, 7) is 5.00. The van der Waals surface area contributed by atoms with Gasteiger partial charge >= 0.3 is 5.97 Å². The number of hydrogen-bond donors (Lipinski definition) is 1. The molecule has 2 heterocycles. The number of piperidine rings is 1. The van der Waals surface area contributed by atoms with E-state index in [1.165, 1.54) is 32.1 Å². The molecule has 2 saturated heterocycles. The van der Waals surface area contributed by atoms with Crippen molar-refractivity contribution in [1.82, 2.24) is 10.2 Å². The van der Waals surface area contributed by atoms with Gasteiger partial charge in [0.05, 0.1) is 13.2 Å². The number of nitrogens with one attached hydrogen (secondary N) is 1. The van der Waals surface area contributed by atoms with Crippen molar-refractivity contribution in [3.63, 3.8) is 0 Å². The van der Waals surface area contributed by atoms with Gasteiger partial charge in [-0.05, 0) is 45.7 Å². The Morgan fingerprint density at radius 1 is 1.35 bits per heavy atom. The van der Waals surface area contributed by atoms with Crippen LogP contribution in [0, 0.1) is 0 Å². The van der Waals surface area contributed by atoms with Crippen LogP contribution in [0.2, 0.25) is 0 Å². The minimum atomic E-state index is -0.0719. The van der Waals surface area contributed by atoms with Crippen LogP contribution in [0.25, 0.3) is 0 Å². The van der Waals surface area contributed by atoms with E-state index in [0.29, 0.717) is 25.2 Å². The average Bonchev–Trinajstić information content (AvgIpc) is 2.83. The Morgan fingerprint density at radius 2 is 2.24 bits per heavy atom. The SMILES string of the molecule is CCOC(=O)CN1CCCCC1C1CCCN1. The maximum Gasteiger partial charge on any atom is 0.320 e. The number of rotatable bonds is 4. The van der Waals surface area contributed by atoms with Gasteiger partial charge in [-0.1, -0.05) is 6.42 Å². The van der Waals surface area contributed by atoms with Crippen molar-refractivity contribution in [2.24, 2.45) is 0 Å². The number of likely N-dealkylation sites (tertiary alicyclic amines) is 1. The molecule has 2 atom stereocenters. The topological polar surface area (TPSA) is 41.6 Å².